The summed E-state index contributed by atoms with van der Waals surface area (Å²) in [6.45, 7) is 2.39. The van der Waals surface area contributed by atoms with Crippen LogP contribution in [0.5, 0.6) is 0 Å². The molecule has 0 radical (unpaired) electrons. The Labute approximate surface area is 220 Å². The SMILES string of the molecule is O=c1ccc(Nc2ccccc2)nn1Cc1cccc(-c2ncc(-c3cnn(C4CCNCC4)c3)cn2)c1. The van der Waals surface area contributed by atoms with Gasteiger partial charge in [0.15, 0.2) is 11.6 Å². The van der Waals surface area contributed by atoms with Crippen molar-refractivity contribution in [2.24, 2.45) is 0 Å². The molecule has 3 aromatic heterocycles. The molecule has 38 heavy (non-hydrogen) atoms. The first-order chi connectivity index (χ1) is 18.7. The molecule has 6 rings (SSSR count). The Morgan fingerprint density at radius 2 is 1.68 bits per heavy atom. The lowest BCUT2D eigenvalue weighted by Crippen LogP contribution is -2.29. The van der Waals surface area contributed by atoms with E-state index in [2.05, 4.69) is 41.7 Å². The summed E-state index contributed by atoms with van der Waals surface area (Å²) in [5.41, 5.74) is 4.50. The Hall–Kier alpha value is -4.63. The Morgan fingerprint density at radius 1 is 0.868 bits per heavy atom. The molecule has 9 heteroatoms. The number of anilines is 2. The highest BCUT2D eigenvalue weighted by atomic mass is 16.1. The third-order valence-electron chi connectivity index (χ3n) is 6.70. The van der Waals surface area contributed by atoms with E-state index in [0.29, 0.717) is 24.2 Å². The third-order valence-corrected chi connectivity index (χ3v) is 6.70. The number of aromatic nitrogens is 6. The van der Waals surface area contributed by atoms with Gasteiger partial charge in [-0.3, -0.25) is 9.48 Å². The number of benzene rings is 2. The van der Waals surface area contributed by atoms with Gasteiger partial charge in [-0.15, -0.1) is 0 Å². The number of piperidine rings is 1. The van der Waals surface area contributed by atoms with Crippen molar-refractivity contribution in [1.29, 1.82) is 0 Å². The third kappa shape index (κ3) is 5.37. The van der Waals surface area contributed by atoms with Gasteiger partial charge in [0.1, 0.15) is 0 Å². The molecule has 2 N–H and O–H groups in total. The van der Waals surface area contributed by atoms with Gasteiger partial charge in [-0.25, -0.2) is 14.6 Å². The summed E-state index contributed by atoms with van der Waals surface area (Å²) in [4.78, 5) is 21.7. The topological polar surface area (TPSA) is 103 Å². The molecule has 1 saturated heterocycles. The molecular weight excluding hydrogens is 476 g/mol. The molecule has 190 valence electrons. The average Bonchev–Trinajstić information content (AvgIpc) is 3.47. The van der Waals surface area contributed by atoms with Gasteiger partial charge in [0.05, 0.1) is 18.8 Å². The van der Waals surface area contributed by atoms with Crippen molar-refractivity contribution < 1.29 is 0 Å². The molecule has 0 unspecified atom stereocenters. The summed E-state index contributed by atoms with van der Waals surface area (Å²) in [6, 6.07) is 21.3. The van der Waals surface area contributed by atoms with Crippen LogP contribution in [0.2, 0.25) is 0 Å². The summed E-state index contributed by atoms with van der Waals surface area (Å²) < 4.78 is 3.52. The molecule has 1 aliphatic rings. The minimum atomic E-state index is -0.167. The molecule has 0 aliphatic carbocycles. The summed E-state index contributed by atoms with van der Waals surface area (Å²) in [5, 5.41) is 15.7. The van der Waals surface area contributed by atoms with Crippen LogP contribution in [0.15, 0.2) is 96.3 Å². The zero-order valence-electron chi connectivity index (χ0n) is 20.9. The van der Waals surface area contributed by atoms with E-state index < -0.39 is 0 Å². The van der Waals surface area contributed by atoms with Crippen LogP contribution in [0.4, 0.5) is 11.5 Å². The first kappa shape index (κ1) is 23.7. The molecule has 0 saturated carbocycles. The van der Waals surface area contributed by atoms with Crippen molar-refractivity contribution in [3.8, 4) is 22.5 Å². The van der Waals surface area contributed by atoms with Crippen LogP contribution in [-0.4, -0.2) is 42.6 Å². The highest BCUT2D eigenvalue weighted by Crippen LogP contribution is 2.24. The maximum atomic E-state index is 12.5. The summed E-state index contributed by atoms with van der Waals surface area (Å²) in [6.07, 6.45) is 9.81. The van der Waals surface area contributed by atoms with Gasteiger partial charge >= 0.3 is 0 Å². The maximum Gasteiger partial charge on any atom is 0.267 e. The Bertz CT molecular complexity index is 1570. The molecule has 1 aliphatic heterocycles. The minimum Gasteiger partial charge on any atom is -0.339 e. The standard InChI is InChI=1S/C29H28N8O/c38-28-10-9-27(34-25-7-2-1-3-8-25)35-37(28)19-21-5-4-6-22(15-21)29-31-16-23(17-32-29)24-18-33-36(20-24)26-11-13-30-14-12-26/h1-10,15-18,20,26,30H,11-14,19H2,(H,34,35). The molecule has 0 bridgehead atoms. The van der Waals surface area contributed by atoms with Crippen molar-refractivity contribution >= 4 is 11.5 Å². The number of hydrogen-bond acceptors (Lipinski definition) is 7. The van der Waals surface area contributed by atoms with E-state index in [1.807, 2.05) is 73.2 Å². The van der Waals surface area contributed by atoms with E-state index >= 15 is 0 Å². The lowest BCUT2D eigenvalue weighted by atomic mass is 10.1. The molecule has 4 heterocycles. The van der Waals surface area contributed by atoms with Crippen LogP contribution in [0.3, 0.4) is 0 Å². The van der Waals surface area contributed by atoms with Crippen LogP contribution < -0.4 is 16.2 Å². The highest BCUT2D eigenvalue weighted by Gasteiger charge is 2.16. The fourth-order valence-electron chi connectivity index (χ4n) is 4.66. The van der Waals surface area contributed by atoms with Gasteiger partial charge in [0.2, 0.25) is 0 Å². The fraction of sp³-hybridized carbons (Fsp3) is 0.207. The van der Waals surface area contributed by atoms with Gasteiger partial charge in [0, 0.05) is 47.0 Å². The lowest BCUT2D eigenvalue weighted by molar-refractivity contribution is 0.343. The molecule has 0 atom stereocenters. The van der Waals surface area contributed by atoms with E-state index in [9.17, 15) is 4.79 Å². The van der Waals surface area contributed by atoms with E-state index in [0.717, 1.165) is 53.9 Å². The summed E-state index contributed by atoms with van der Waals surface area (Å²) >= 11 is 0. The number of hydrogen-bond donors (Lipinski definition) is 2. The van der Waals surface area contributed by atoms with E-state index in [1.54, 1.807) is 6.07 Å². The molecule has 5 aromatic rings. The van der Waals surface area contributed by atoms with Crippen LogP contribution in [0, 0.1) is 0 Å². The maximum absolute atomic E-state index is 12.5. The summed E-state index contributed by atoms with van der Waals surface area (Å²) in [7, 11) is 0. The van der Waals surface area contributed by atoms with E-state index in [1.165, 1.54) is 10.7 Å². The predicted molar refractivity (Wildman–Crippen MR) is 147 cm³/mol. The highest BCUT2D eigenvalue weighted by molar-refractivity contribution is 5.63. The Morgan fingerprint density at radius 3 is 2.50 bits per heavy atom. The van der Waals surface area contributed by atoms with Crippen molar-refractivity contribution in [2.45, 2.75) is 25.4 Å². The predicted octanol–water partition coefficient (Wildman–Crippen LogP) is 4.28. The number of nitrogens with zero attached hydrogens (tertiary/aromatic N) is 6. The van der Waals surface area contributed by atoms with E-state index in [-0.39, 0.29) is 5.56 Å². The average molecular weight is 505 g/mol. The van der Waals surface area contributed by atoms with Gasteiger partial charge < -0.3 is 10.6 Å². The number of para-hydroxylation sites is 1. The molecule has 9 nitrogen and oxygen atoms in total. The van der Waals surface area contributed by atoms with E-state index in [4.69, 9.17) is 0 Å². The van der Waals surface area contributed by atoms with Crippen LogP contribution in [-0.2, 0) is 6.54 Å². The lowest BCUT2D eigenvalue weighted by Gasteiger charge is -2.22. The van der Waals surface area contributed by atoms with Crippen molar-refractivity contribution in [1.82, 2.24) is 34.8 Å². The Balaban J connectivity index is 1.17. The normalized spacial score (nSPS) is 13.9. The van der Waals surface area contributed by atoms with Crippen molar-refractivity contribution in [3.05, 3.63) is 107 Å². The van der Waals surface area contributed by atoms with Crippen LogP contribution in [0.1, 0.15) is 24.4 Å². The largest absolute Gasteiger partial charge is 0.339 e. The zero-order chi connectivity index (χ0) is 25.7. The molecule has 1 fully saturated rings. The first-order valence-electron chi connectivity index (χ1n) is 12.8. The second-order valence-corrected chi connectivity index (χ2v) is 9.39. The minimum absolute atomic E-state index is 0.167. The van der Waals surface area contributed by atoms with Gasteiger partial charge in [-0.2, -0.15) is 10.2 Å². The second kappa shape index (κ2) is 10.8. The van der Waals surface area contributed by atoms with Crippen LogP contribution in [0.25, 0.3) is 22.5 Å². The number of rotatable bonds is 7. The van der Waals surface area contributed by atoms with Crippen LogP contribution >= 0.6 is 0 Å². The zero-order valence-corrected chi connectivity index (χ0v) is 20.9. The quantitative estimate of drug-likeness (QED) is 0.341. The summed E-state index contributed by atoms with van der Waals surface area (Å²) in [5.74, 6) is 1.23. The Kier molecular flexibility index (Phi) is 6.73. The van der Waals surface area contributed by atoms with Gasteiger partial charge in [-0.05, 0) is 55.8 Å². The monoisotopic (exact) mass is 504 g/mol. The van der Waals surface area contributed by atoms with Gasteiger partial charge in [-0.1, -0.05) is 36.4 Å². The molecule has 0 amide bonds. The van der Waals surface area contributed by atoms with Crippen molar-refractivity contribution in [3.63, 3.8) is 0 Å². The van der Waals surface area contributed by atoms with Gasteiger partial charge in [0.25, 0.3) is 5.56 Å². The molecule has 0 spiro atoms. The molecule has 2 aromatic carbocycles. The molecular formula is C29H28N8O. The first-order valence-corrected chi connectivity index (χ1v) is 12.8. The number of nitrogens with one attached hydrogen (secondary N) is 2. The smallest absolute Gasteiger partial charge is 0.267 e. The van der Waals surface area contributed by atoms with Crippen molar-refractivity contribution in [2.75, 3.05) is 18.4 Å². The second-order valence-electron chi connectivity index (χ2n) is 9.39. The fourth-order valence-corrected chi connectivity index (χ4v) is 4.66.